The van der Waals surface area contributed by atoms with Crippen LogP contribution < -0.4 is 5.32 Å². The average molecular weight is 355 g/mol. The molecule has 0 radical (unpaired) electrons. The molecule has 25 heavy (non-hydrogen) atoms. The molecule has 0 aliphatic rings. The molecule has 6 heteroatoms. The largest absolute Gasteiger partial charge is 0.387 e. The molecule has 5 nitrogen and oxygen atoms in total. The SMILES string of the molecule is CCc1cc(NCC(O)c2ccc(Cl)cc2)nc(-c2ccccn2)n1. The van der Waals surface area contributed by atoms with E-state index in [-0.39, 0.29) is 0 Å². The Bertz CT molecular complexity index is 825. The van der Waals surface area contributed by atoms with Crippen molar-refractivity contribution in [1.82, 2.24) is 15.0 Å². The zero-order valence-electron chi connectivity index (χ0n) is 13.9. The van der Waals surface area contributed by atoms with Crippen LogP contribution in [0, 0.1) is 0 Å². The van der Waals surface area contributed by atoms with Crippen LogP contribution in [0.5, 0.6) is 0 Å². The molecule has 1 atom stereocenters. The lowest BCUT2D eigenvalue weighted by atomic mass is 10.1. The molecule has 0 saturated carbocycles. The summed E-state index contributed by atoms with van der Waals surface area (Å²) < 4.78 is 0. The zero-order valence-corrected chi connectivity index (χ0v) is 14.6. The third-order valence-corrected chi connectivity index (χ3v) is 4.02. The predicted molar refractivity (Wildman–Crippen MR) is 99.5 cm³/mol. The molecule has 128 valence electrons. The van der Waals surface area contributed by atoms with Crippen LogP contribution in [0.1, 0.15) is 24.3 Å². The maximum atomic E-state index is 10.3. The number of aryl methyl sites for hydroxylation is 1. The van der Waals surface area contributed by atoms with E-state index >= 15 is 0 Å². The summed E-state index contributed by atoms with van der Waals surface area (Å²) in [4.78, 5) is 13.3. The van der Waals surface area contributed by atoms with E-state index in [1.54, 1.807) is 18.3 Å². The van der Waals surface area contributed by atoms with Gasteiger partial charge in [-0.05, 0) is 36.2 Å². The van der Waals surface area contributed by atoms with Crippen molar-refractivity contribution in [2.45, 2.75) is 19.4 Å². The topological polar surface area (TPSA) is 70.9 Å². The van der Waals surface area contributed by atoms with Gasteiger partial charge in [-0.15, -0.1) is 0 Å². The number of pyridine rings is 1. The first-order chi connectivity index (χ1) is 12.2. The standard InChI is InChI=1S/C19H19ClN4O/c1-2-15-11-18(24-19(23-15)16-5-3-4-10-21-16)22-12-17(25)13-6-8-14(20)9-7-13/h3-11,17,25H,2,12H2,1H3,(H,22,23,24). The van der Waals surface area contributed by atoms with Crippen LogP contribution in [-0.4, -0.2) is 26.6 Å². The number of aliphatic hydroxyl groups is 1. The van der Waals surface area contributed by atoms with Gasteiger partial charge in [0.05, 0.1) is 6.10 Å². The van der Waals surface area contributed by atoms with Gasteiger partial charge in [0.2, 0.25) is 0 Å². The van der Waals surface area contributed by atoms with E-state index in [9.17, 15) is 5.11 Å². The fourth-order valence-electron chi connectivity index (χ4n) is 2.38. The Labute approximate surface area is 151 Å². The summed E-state index contributed by atoms with van der Waals surface area (Å²) in [7, 11) is 0. The summed E-state index contributed by atoms with van der Waals surface area (Å²) in [5.74, 6) is 1.24. The molecular weight excluding hydrogens is 336 g/mol. The number of aliphatic hydroxyl groups excluding tert-OH is 1. The van der Waals surface area contributed by atoms with Crippen LogP contribution in [0.25, 0.3) is 11.5 Å². The summed E-state index contributed by atoms with van der Waals surface area (Å²) in [6.07, 6.45) is 1.85. The molecule has 2 heterocycles. The zero-order chi connectivity index (χ0) is 17.6. The highest BCUT2D eigenvalue weighted by atomic mass is 35.5. The van der Waals surface area contributed by atoms with Gasteiger partial charge in [0.25, 0.3) is 0 Å². The second-order valence-corrected chi connectivity index (χ2v) is 6.02. The summed E-state index contributed by atoms with van der Waals surface area (Å²) in [5.41, 5.74) is 2.44. The highest BCUT2D eigenvalue weighted by Gasteiger charge is 2.10. The first-order valence-corrected chi connectivity index (χ1v) is 8.50. The molecule has 0 fully saturated rings. The van der Waals surface area contributed by atoms with Crippen molar-refractivity contribution in [3.05, 3.63) is 71.0 Å². The lowest BCUT2D eigenvalue weighted by Gasteiger charge is -2.14. The highest BCUT2D eigenvalue weighted by molar-refractivity contribution is 6.30. The fraction of sp³-hybridized carbons (Fsp3) is 0.211. The van der Waals surface area contributed by atoms with E-state index in [4.69, 9.17) is 11.6 Å². The van der Waals surface area contributed by atoms with Crippen molar-refractivity contribution in [3.8, 4) is 11.5 Å². The van der Waals surface area contributed by atoms with Gasteiger partial charge < -0.3 is 10.4 Å². The van der Waals surface area contributed by atoms with Crippen molar-refractivity contribution in [1.29, 1.82) is 0 Å². The summed E-state index contributed by atoms with van der Waals surface area (Å²) in [5, 5.41) is 14.2. The number of anilines is 1. The molecule has 0 aliphatic heterocycles. The third kappa shape index (κ3) is 4.53. The van der Waals surface area contributed by atoms with Gasteiger partial charge in [-0.2, -0.15) is 0 Å². The molecule has 2 N–H and O–H groups in total. The molecule has 3 rings (SSSR count). The molecule has 0 spiro atoms. The van der Waals surface area contributed by atoms with Crippen molar-refractivity contribution in [2.24, 2.45) is 0 Å². The van der Waals surface area contributed by atoms with E-state index in [2.05, 4.69) is 20.3 Å². The van der Waals surface area contributed by atoms with E-state index in [1.165, 1.54) is 0 Å². The number of benzene rings is 1. The second kappa shape index (κ2) is 8.05. The van der Waals surface area contributed by atoms with E-state index in [0.717, 1.165) is 23.4 Å². The molecule has 0 aliphatic carbocycles. The summed E-state index contributed by atoms with van der Waals surface area (Å²) in [6, 6.07) is 14.7. The quantitative estimate of drug-likeness (QED) is 0.702. The van der Waals surface area contributed by atoms with Crippen LogP contribution in [-0.2, 0) is 6.42 Å². The Morgan fingerprint density at radius 2 is 1.92 bits per heavy atom. The average Bonchev–Trinajstić information content (AvgIpc) is 2.67. The predicted octanol–water partition coefficient (Wildman–Crippen LogP) is 3.90. The second-order valence-electron chi connectivity index (χ2n) is 5.58. The minimum absolute atomic E-state index is 0.337. The van der Waals surface area contributed by atoms with Gasteiger partial charge in [-0.3, -0.25) is 4.98 Å². The number of hydrogen-bond acceptors (Lipinski definition) is 5. The Kier molecular flexibility index (Phi) is 5.58. The Morgan fingerprint density at radius 3 is 2.60 bits per heavy atom. The smallest absolute Gasteiger partial charge is 0.180 e. The van der Waals surface area contributed by atoms with Crippen LogP contribution in [0.3, 0.4) is 0 Å². The molecular formula is C19H19ClN4O. The number of halogens is 1. The Hall–Kier alpha value is -2.50. The molecule has 1 aromatic carbocycles. The first-order valence-electron chi connectivity index (χ1n) is 8.12. The number of aromatic nitrogens is 3. The van der Waals surface area contributed by atoms with Gasteiger partial charge in [-0.1, -0.05) is 36.7 Å². The molecule has 3 aromatic rings. The number of hydrogen-bond donors (Lipinski definition) is 2. The molecule has 2 aromatic heterocycles. The van der Waals surface area contributed by atoms with Crippen molar-refractivity contribution >= 4 is 17.4 Å². The van der Waals surface area contributed by atoms with Gasteiger partial charge in [0, 0.05) is 29.5 Å². The van der Waals surface area contributed by atoms with Gasteiger partial charge >= 0.3 is 0 Å². The number of nitrogens with zero attached hydrogens (tertiary/aromatic N) is 3. The van der Waals surface area contributed by atoms with Crippen LogP contribution >= 0.6 is 11.6 Å². The maximum absolute atomic E-state index is 10.3. The molecule has 1 unspecified atom stereocenters. The maximum Gasteiger partial charge on any atom is 0.180 e. The van der Waals surface area contributed by atoms with Crippen LogP contribution in [0.15, 0.2) is 54.7 Å². The van der Waals surface area contributed by atoms with Crippen LogP contribution in [0.2, 0.25) is 5.02 Å². The van der Waals surface area contributed by atoms with Gasteiger partial charge in [0.15, 0.2) is 5.82 Å². The van der Waals surface area contributed by atoms with Crippen molar-refractivity contribution in [2.75, 3.05) is 11.9 Å². The minimum Gasteiger partial charge on any atom is -0.387 e. The lowest BCUT2D eigenvalue weighted by molar-refractivity contribution is 0.191. The number of rotatable bonds is 6. The molecule has 0 amide bonds. The normalized spacial score (nSPS) is 12.0. The number of nitrogens with one attached hydrogen (secondary N) is 1. The first kappa shape index (κ1) is 17.3. The third-order valence-electron chi connectivity index (χ3n) is 3.77. The molecule has 0 bridgehead atoms. The fourth-order valence-corrected chi connectivity index (χ4v) is 2.51. The van der Waals surface area contributed by atoms with Crippen molar-refractivity contribution in [3.63, 3.8) is 0 Å². The Morgan fingerprint density at radius 1 is 1.12 bits per heavy atom. The van der Waals surface area contributed by atoms with E-state index < -0.39 is 6.10 Å². The lowest BCUT2D eigenvalue weighted by Crippen LogP contribution is -2.14. The monoisotopic (exact) mass is 354 g/mol. The van der Waals surface area contributed by atoms with Gasteiger partial charge in [0.1, 0.15) is 11.5 Å². The summed E-state index contributed by atoms with van der Waals surface area (Å²) >= 11 is 5.88. The van der Waals surface area contributed by atoms with Crippen molar-refractivity contribution < 1.29 is 5.11 Å². The van der Waals surface area contributed by atoms with E-state index in [1.807, 2.05) is 43.3 Å². The Balaban J connectivity index is 1.76. The van der Waals surface area contributed by atoms with Gasteiger partial charge in [-0.25, -0.2) is 9.97 Å². The van der Waals surface area contributed by atoms with Crippen LogP contribution in [0.4, 0.5) is 5.82 Å². The summed E-state index contributed by atoms with van der Waals surface area (Å²) in [6.45, 7) is 2.38. The minimum atomic E-state index is -0.657. The van der Waals surface area contributed by atoms with E-state index in [0.29, 0.717) is 23.2 Å². The molecule has 0 saturated heterocycles. The highest BCUT2D eigenvalue weighted by Crippen LogP contribution is 2.19.